The van der Waals surface area contributed by atoms with Gasteiger partial charge in [0.2, 0.25) is 11.8 Å². The summed E-state index contributed by atoms with van der Waals surface area (Å²) in [5.74, 6) is -0.809. The van der Waals surface area contributed by atoms with Crippen molar-refractivity contribution >= 4 is 23.4 Å². The molecular weight excluding hydrogens is 436 g/mol. The summed E-state index contributed by atoms with van der Waals surface area (Å²) in [4.78, 5) is 44.6. The third-order valence-electron chi connectivity index (χ3n) is 4.98. The van der Waals surface area contributed by atoms with Gasteiger partial charge in [-0.15, -0.1) is 0 Å². The number of nitrogens with one attached hydrogen (secondary N) is 2. The minimum Gasteiger partial charge on any atom is -0.467 e. The summed E-state index contributed by atoms with van der Waals surface area (Å²) in [6, 6.07) is 17.8. The highest BCUT2D eigenvalue weighted by molar-refractivity contribution is 6.04. The molecule has 0 fully saturated rings. The van der Waals surface area contributed by atoms with E-state index in [9.17, 15) is 14.4 Å². The van der Waals surface area contributed by atoms with Gasteiger partial charge in [0.1, 0.15) is 11.8 Å². The van der Waals surface area contributed by atoms with E-state index in [4.69, 9.17) is 8.83 Å². The highest BCUT2D eigenvalue weighted by Crippen LogP contribution is 2.27. The Balaban J connectivity index is 1.63. The van der Waals surface area contributed by atoms with E-state index in [1.54, 1.807) is 60.8 Å². The van der Waals surface area contributed by atoms with E-state index in [-0.39, 0.29) is 18.8 Å². The number of aromatic nitrogens is 1. The largest absolute Gasteiger partial charge is 0.467 e. The van der Waals surface area contributed by atoms with Crippen molar-refractivity contribution in [2.24, 2.45) is 0 Å². The first-order valence-corrected chi connectivity index (χ1v) is 10.5. The van der Waals surface area contributed by atoms with E-state index < -0.39 is 23.8 Å². The Bertz CT molecular complexity index is 1210. The highest BCUT2D eigenvalue weighted by atomic mass is 16.3. The second kappa shape index (κ2) is 10.8. The Morgan fingerprint density at radius 3 is 2.35 bits per heavy atom. The average molecular weight is 458 g/mol. The third-order valence-corrected chi connectivity index (χ3v) is 4.98. The van der Waals surface area contributed by atoms with Gasteiger partial charge in [-0.2, -0.15) is 0 Å². The molecule has 4 aromatic rings. The first-order chi connectivity index (χ1) is 16.6. The molecule has 0 aliphatic carbocycles. The van der Waals surface area contributed by atoms with E-state index >= 15 is 0 Å². The number of anilines is 1. The third kappa shape index (κ3) is 5.39. The van der Waals surface area contributed by atoms with Gasteiger partial charge in [0.05, 0.1) is 37.5 Å². The Labute approximate surface area is 195 Å². The van der Waals surface area contributed by atoms with Crippen molar-refractivity contribution < 1.29 is 23.2 Å². The lowest BCUT2D eigenvalue weighted by atomic mass is 10.0. The Morgan fingerprint density at radius 2 is 1.68 bits per heavy atom. The molecule has 0 radical (unpaired) electrons. The van der Waals surface area contributed by atoms with Crippen LogP contribution in [0.4, 0.5) is 5.69 Å². The number of rotatable bonds is 9. The average Bonchev–Trinajstić information content (AvgIpc) is 3.60. The zero-order chi connectivity index (χ0) is 23.8. The summed E-state index contributed by atoms with van der Waals surface area (Å²) in [5.41, 5.74) is 0.996. The predicted octanol–water partition coefficient (Wildman–Crippen LogP) is 3.09. The van der Waals surface area contributed by atoms with E-state index in [1.165, 1.54) is 29.7 Å². The van der Waals surface area contributed by atoms with Crippen LogP contribution in [-0.2, 0) is 16.1 Å². The molecule has 3 heterocycles. The van der Waals surface area contributed by atoms with Crippen molar-refractivity contribution in [3.63, 3.8) is 0 Å². The summed E-state index contributed by atoms with van der Waals surface area (Å²) in [6.45, 7) is -0.206. The maximum Gasteiger partial charge on any atom is 0.287 e. The van der Waals surface area contributed by atoms with Gasteiger partial charge in [-0.05, 0) is 42.0 Å². The number of carbonyl (C=O) groups excluding carboxylic acids is 3. The van der Waals surface area contributed by atoms with E-state index in [0.717, 1.165) is 0 Å². The Hall–Kier alpha value is -4.66. The van der Waals surface area contributed by atoms with Crippen molar-refractivity contribution in [1.82, 2.24) is 15.6 Å². The Kier molecular flexibility index (Phi) is 7.14. The first kappa shape index (κ1) is 22.5. The van der Waals surface area contributed by atoms with Crippen molar-refractivity contribution in [3.8, 4) is 0 Å². The van der Waals surface area contributed by atoms with Crippen molar-refractivity contribution in [2.75, 3.05) is 11.4 Å². The fourth-order valence-electron chi connectivity index (χ4n) is 3.41. The summed E-state index contributed by atoms with van der Waals surface area (Å²) in [6.07, 6.45) is 5.94. The van der Waals surface area contributed by atoms with Crippen molar-refractivity contribution in [2.45, 2.75) is 12.6 Å². The second-order valence-corrected chi connectivity index (χ2v) is 7.25. The molecular formula is C25H22N4O5. The molecule has 0 saturated heterocycles. The topological polar surface area (TPSA) is 118 Å². The van der Waals surface area contributed by atoms with E-state index in [2.05, 4.69) is 15.6 Å². The molecule has 172 valence electrons. The van der Waals surface area contributed by atoms with Crippen LogP contribution in [0.2, 0.25) is 0 Å². The molecule has 0 bridgehead atoms. The van der Waals surface area contributed by atoms with Crippen LogP contribution in [0, 0.1) is 0 Å². The molecule has 0 saturated carbocycles. The van der Waals surface area contributed by atoms with Crippen LogP contribution >= 0.6 is 0 Å². The molecule has 0 unspecified atom stereocenters. The molecule has 0 spiro atoms. The van der Waals surface area contributed by atoms with Gasteiger partial charge >= 0.3 is 0 Å². The number of furan rings is 2. The molecule has 3 amide bonds. The molecule has 9 heteroatoms. The molecule has 1 aromatic carbocycles. The fourth-order valence-corrected chi connectivity index (χ4v) is 3.41. The molecule has 0 aliphatic rings. The van der Waals surface area contributed by atoms with E-state index in [1.807, 2.05) is 6.07 Å². The van der Waals surface area contributed by atoms with Crippen LogP contribution in [0.15, 0.2) is 100 Å². The molecule has 4 rings (SSSR count). The number of amides is 3. The fraction of sp³-hybridized carbons (Fsp3) is 0.120. The minimum absolute atomic E-state index is 0.0801. The SMILES string of the molecule is O=C(NCC(=O)N(c1cccnc1)[C@@H](C(=O)NCc1ccco1)c1ccccc1)c1ccco1. The zero-order valence-corrected chi connectivity index (χ0v) is 18.1. The number of carbonyl (C=O) groups is 3. The lowest BCUT2D eigenvalue weighted by Crippen LogP contribution is -2.47. The van der Waals surface area contributed by atoms with Crippen LogP contribution < -0.4 is 15.5 Å². The zero-order valence-electron chi connectivity index (χ0n) is 18.1. The van der Waals surface area contributed by atoms with Gasteiger partial charge in [-0.1, -0.05) is 30.3 Å². The smallest absolute Gasteiger partial charge is 0.287 e. The van der Waals surface area contributed by atoms with Crippen molar-refractivity contribution in [1.29, 1.82) is 0 Å². The van der Waals surface area contributed by atoms with Gasteiger partial charge in [0.15, 0.2) is 5.76 Å². The molecule has 2 N–H and O–H groups in total. The predicted molar refractivity (Wildman–Crippen MR) is 123 cm³/mol. The van der Waals surface area contributed by atoms with Crippen LogP contribution in [0.3, 0.4) is 0 Å². The van der Waals surface area contributed by atoms with E-state index in [0.29, 0.717) is 17.0 Å². The van der Waals surface area contributed by atoms with Crippen LogP contribution in [-0.4, -0.2) is 29.3 Å². The quantitative estimate of drug-likeness (QED) is 0.398. The molecule has 3 aromatic heterocycles. The second-order valence-electron chi connectivity index (χ2n) is 7.25. The maximum absolute atomic E-state index is 13.4. The molecule has 34 heavy (non-hydrogen) atoms. The monoisotopic (exact) mass is 458 g/mol. The number of nitrogens with zero attached hydrogens (tertiary/aromatic N) is 2. The summed E-state index contributed by atoms with van der Waals surface area (Å²) in [7, 11) is 0. The number of benzene rings is 1. The molecule has 1 atom stereocenters. The normalized spacial score (nSPS) is 11.4. The van der Waals surface area contributed by atoms with Crippen molar-refractivity contribution in [3.05, 3.63) is 109 Å². The number of hydrogen-bond acceptors (Lipinski definition) is 6. The molecule has 0 aliphatic heterocycles. The maximum atomic E-state index is 13.4. The van der Waals surface area contributed by atoms with Gasteiger partial charge in [0.25, 0.3) is 5.91 Å². The minimum atomic E-state index is -1.02. The van der Waals surface area contributed by atoms with Crippen LogP contribution in [0.1, 0.15) is 27.9 Å². The first-order valence-electron chi connectivity index (χ1n) is 10.5. The Morgan fingerprint density at radius 1 is 0.882 bits per heavy atom. The number of pyridine rings is 1. The summed E-state index contributed by atoms with van der Waals surface area (Å²) >= 11 is 0. The summed E-state index contributed by atoms with van der Waals surface area (Å²) < 4.78 is 10.4. The van der Waals surface area contributed by atoms with Gasteiger partial charge in [0, 0.05) is 6.20 Å². The lowest BCUT2D eigenvalue weighted by Gasteiger charge is -2.31. The number of hydrogen-bond donors (Lipinski definition) is 2. The summed E-state index contributed by atoms with van der Waals surface area (Å²) in [5, 5.41) is 5.37. The lowest BCUT2D eigenvalue weighted by molar-refractivity contribution is -0.126. The van der Waals surface area contributed by atoms with Crippen LogP contribution in [0.5, 0.6) is 0 Å². The standard InChI is InChI=1S/C25H22N4O5/c30-22(17-28-24(31)21-11-6-14-34-21)29(19-9-4-12-26-15-19)23(18-7-2-1-3-8-18)25(32)27-16-20-10-5-13-33-20/h1-15,23H,16-17H2,(H,27,32)(H,28,31)/t23-/m1/s1. The van der Waals surface area contributed by atoms with Gasteiger partial charge in [-0.25, -0.2) is 0 Å². The highest BCUT2D eigenvalue weighted by Gasteiger charge is 2.33. The van der Waals surface area contributed by atoms with Crippen LogP contribution in [0.25, 0.3) is 0 Å². The van der Waals surface area contributed by atoms with Gasteiger partial charge < -0.3 is 19.5 Å². The molecule has 9 nitrogen and oxygen atoms in total. The van der Waals surface area contributed by atoms with Gasteiger partial charge in [-0.3, -0.25) is 24.3 Å².